The van der Waals surface area contributed by atoms with Crippen LogP contribution in [0.1, 0.15) is 136 Å². The van der Waals surface area contributed by atoms with Crippen molar-refractivity contribution in [2.24, 2.45) is 0 Å². The third-order valence-corrected chi connectivity index (χ3v) is 9.19. The zero-order valence-corrected chi connectivity index (χ0v) is 38.1. The lowest BCUT2D eigenvalue weighted by atomic mass is 10.1. The SMILES string of the molecule is CC/C=C/C=C/C=C/C=C/CCCCCC(=O)OC(COCCC(C(=O)[O-])[N+](C)(C)C)COC(=O)CCCCCC/C=C/C/C=C/C/C=C/C/C=C/C/C=C/C/C=C/CC. The summed E-state index contributed by atoms with van der Waals surface area (Å²) in [6, 6.07) is -0.745. The number of allylic oxidation sites excluding steroid dienone is 20. The molecule has 0 aliphatic heterocycles. The van der Waals surface area contributed by atoms with Crippen LogP contribution in [0.25, 0.3) is 0 Å². The van der Waals surface area contributed by atoms with Crippen LogP contribution in [0.2, 0.25) is 0 Å². The maximum atomic E-state index is 12.7. The average molecular weight is 832 g/mol. The summed E-state index contributed by atoms with van der Waals surface area (Å²) >= 11 is 0. The van der Waals surface area contributed by atoms with E-state index >= 15 is 0 Å². The van der Waals surface area contributed by atoms with E-state index in [-0.39, 0.29) is 49.1 Å². The van der Waals surface area contributed by atoms with Crippen LogP contribution in [0.15, 0.2) is 122 Å². The predicted octanol–water partition coefficient (Wildman–Crippen LogP) is 11.3. The van der Waals surface area contributed by atoms with Gasteiger partial charge in [-0.15, -0.1) is 0 Å². The summed E-state index contributed by atoms with van der Waals surface area (Å²) in [7, 11) is 5.36. The molecule has 0 aliphatic rings. The normalized spacial score (nSPS) is 14.1. The van der Waals surface area contributed by atoms with Crippen LogP contribution in [0, 0.1) is 0 Å². The maximum Gasteiger partial charge on any atom is 0.306 e. The Morgan fingerprint density at radius 3 is 1.50 bits per heavy atom. The highest BCUT2D eigenvalue weighted by Gasteiger charge is 2.25. The molecular weight excluding hydrogens is 751 g/mol. The molecule has 0 N–H and O–H groups in total. The molecule has 0 saturated carbocycles. The first kappa shape index (κ1) is 55.7. The van der Waals surface area contributed by atoms with Gasteiger partial charge in [-0.1, -0.05) is 155 Å². The highest BCUT2D eigenvalue weighted by atomic mass is 16.6. The molecule has 0 spiro atoms. The third kappa shape index (κ3) is 39.2. The first-order valence-corrected chi connectivity index (χ1v) is 22.6. The van der Waals surface area contributed by atoms with Gasteiger partial charge in [0.15, 0.2) is 6.10 Å². The zero-order chi connectivity index (χ0) is 44.2. The van der Waals surface area contributed by atoms with E-state index in [4.69, 9.17) is 14.2 Å². The molecule has 0 saturated heterocycles. The van der Waals surface area contributed by atoms with Gasteiger partial charge < -0.3 is 28.6 Å². The smallest absolute Gasteiger partial charge is 0.306 e. The lowest BCUT2D eigenvalue weighted by Gasteiger charge is -2.34. The zero-order valence-electron chi connectivity index (χ0n) is 38.1. The van der Waals surface area contributed by atoms with Crippen molar-refractivity contribution in [3.63, 3.8) is 0 Å². The Morgan fingerprint density at radius 1 is 0.517 bits per heavy atom. The van der Waals surface area contributed by atoms with Crippen molar-refractivity contribution in [2.75, 3.05) is 41.0 Å². The average Bonchev–Trinajstić information content (AvgIpc) is 3.21. The van der Waals surface area contributed by atoms with E-state index in [9.17, 15) is 19.5 Å². The first-order chi connectivity index (χ1) is 29.1. The number of carbonyl (C=O) groups excluding carboxylic acids is 3. The van der Waals surface area contributed by atoms with Gasteiger partial charge in [0, 0.05) is 19.3 Å². The highest BCUT2D eigenvalue weighted by molar-refractivity contribution is 5.70. The summed E-state index contributed by atoms with van der Waals surface area (Å²) < 4.78 is 17.1. The molecule has 0 fully saturated rings. The summed E-state index contributed by atoms with van der Waals surface area (Å²) in [4.78, 5) is 36.9. The van der Waals surface area contributed by atoms with Crippen molar-refractivity contribution < 1.29 is 38.2 Å². The Kier molecular flexibility index (Phi) is 38.5. The fraction of sp³-hybridized carbons (Fsp3) is 0.558. The molecule has 8 nitrogen and oxygen atoms in total. The number of carboxylic acids is 1. The Bertz CT molecular complexity index is 1390. The van der Waals surface area contributed by atoms with Gasteiger partial charge in [-0.05, 0) is 83.5 Å². The summed E-state index contributed by atoms with van der Waals surface area (Å²) in [5.41, 5.74) is 0. The standard InChI is InChI=1S/C52H81NO7/c1-6-8-10-12-14-16-18-20-21-22-23-24-25-26-27-28-29-31-32-34-36-38-40-42-50(54)59-47-48(46-58-45-44-49(52(56)57)53(3,4)5)60-51(55)43-41-39-37-35-33-30-19-17-15-13-11-9-7-2/h8-11,13-17,19-21,23-24,26-27,29-31,33,48-49H,6-7,12,18,22,25,28,32,34-47H2,1-5H3/b10-8+,11-9+,15-13+,16-14+,19-17+,21-20+,24-23+,27-26+,31-29+,33-30+. The van der Waals surface area contributed by atoms with E-state index in [1.165, 1.54) is 0 Å². The number of hydrogen-bond acceptors (Lipinski definition) is 7. The van der Waals surface area contributed by atoms with Gasteiger partial charge in [0.1, 0.15) is 12.6 Å². The molecule has 0 rings (SSSR count). The summed E-state index contributed by atoms with van der Waals surface area (Å²) in [6.45, 7) is 4.30. The number of aliphatic carboxylic acids is 1. The number of ether oxygens (including phenoxy) is 3. The van der Waals surface area contributed by atoms with Crippen molar-refractivity contribution in [1.29, 1.82) is 0 Å². The first-order valence-electron chi connectivity index (χ1n) is 22.6. The quantitative estimate of drug-likeness (QED) is 0.0201. The molecule has 2 atom stereocenters. The molecule has 60 heavy (non-hydrogen) atoms. The molecular formula is C52H81NO7. The number of hydrogen-bond donors (Lipinski definition) is 0. The van der Waals surface area contributed by atoms with Gasteiger partial charge in [-0.3, -0.25) is 9.59 Å². The van der Waals surface area contributed by atoms with Crippen molar-refractivity contribution in [3.05, 3.63) is 122 Å². The maximum absolute atomic E-state index is 12.7. The number of carbonyl (C=O) groups is 3. The number of carboxylic acid groups (broad SMARTS) is 1. The monoisotopic (exact) mass is 832 g/mol. The number of unbranched alkanes of at least 4 members (excludes halogenated alkanes) is 7. The van der Waals surface area contributed by atoms with Crippen molar-refractivity contribution in [3.8, 4) is 0 Å². The van der Waals surface area contributed by atoms with E-state index in [0.717, 1.165) is 96.3 Å². The largest absolute Gasteiger partial charge is 0.544 e. The molecule has 0 aliphatic carbocycles. The lowest BCUT2D eigenvalue weighted by molar-refractivity contribution is -0.889. The summed E-state index contributed by atoms with van der Waals surface area (Å²) in [5.74, 6) is -1.84. The summed E-state index contributed by atoms with van der Waals surface area (Å²) in [6.07, 6.45) is 58.0. The minimum Gasteiger partial charge on any atom is -0.544 e. The van der Waals surface area contributed by atoms with Crippen LogP contribution >= 0.6 is 0 Å². The van der Waals surface area contributed by atoms with E-state index in [1.807, 2.05) is 36.5 Å². The third-order valence-electron chi connectivity index (χ3n) is 9.19. The molecule has 0 radical (unpaired) electrons. The van der Waals surface area contributed by atoms with E-state index < -0.39 is 18.1 Å². The second kappa shape index (κ2) is 41.5. The number of esters is 2. The fourth-order valence-electron chi connectivity index (χ4n) is 5.73. The molecule has 2 unspecified atom stereocenters. The number of quaternary nitrogens is 1. The van der Waals surface area contributed by atoms with Crippen LogP contribution in [-0.2, 0) is 28.6 Å². The molecule has 0 aromatic heterocycles. The van der Waals surface area contributed by atoms with Crippen LogP contribution in [0.3, 0.4) is 0 Å². The van der Waals surface area contributed by atoms with Gasteiger partial charge in [-0.2, -0.15) is 0 Å². The van der Waals surface area contributed by atoms with E-state index in [2.05, 4.69) is 98.9 Å². The lowest BCUT2D eigenvalue weighted by Crippen LogP contribution is -2.55. The fourth-order valence-corrected chi connectivity index (χ4v) is 5.73. The summed E-state index contributed by atoms with van der Waals surface area (Å²) in [5, 5.41) is 11.6. The Morgan fingerprint density at radius 2 is 0.967 bits per heavy atom. The molecule has 8 heteroatoms. The Labute approximate surface area is 365 Å². The number of nitrogens with zero attached hydrogens (tertiary/aromatic N) is 1. The highest BCUT2D eigenvalue weighted by Crippen LogP contribution is 2.11. The van der Waals surface area contributed by atoms with Crippen molar-refractivity contribution >= 4 is 17.9 Å². The van der Waals surface area contributed by atoms with Crippen molar-refractivity contribution in [2.45, 2.75) is 148 Å². The topological polar surface area (TPSA) is 102 Å². The van der Waals surface area contributed by atoms with Gasteiger partial charge in [-0.25, -0.2) is 0 Å². The van der Waals surface area contributed by atoms with Crippen LogP contribution in [0.4, 0.5) is 0 Å². The molecule has 0 heterocycles. The van der Waals surface area contributed by atoms with Crippen molar-refractivity contribution in [1.82, 2.24) is 0 Å². The molecule has 336 valence electrons. The molecule has 0 amide bonds. The van der Waals surface area contributed by atoms with Crippen LogP contribution in [-0.4, -0.2) is 75.5 Å². The molecule has 0 bridgehead atoms. The van der Waals surface area contributed by atoms with Gasteiger partial charge in [0.05, 0.1) is 40.3 Å². The minimum atomic E-state index is -1.14. The van der Waals surface area contributed by atoms with E-state index in [0.29, 0.717) is 12.8 Å². The minimum absolute atomic E-state index is 0.00687. The van der Waals surface area contributed by atoms with Gasteiger partial charge >= 0.3 is 11.9 Å². The molecule has 0 aromatic carbocycles. The second-order valence-electron chi connectivity index (χ2n) is 15.6. The second-order valence-corrected chi connectivity index (χ2v) is 15.6. The van der Waals surface area contributed by atoms with E-state index in [1.54, 1.807) is 21.1 Å². The Hall–Kier alpha value is -4.27. The molecule has 0 aromatic rings. The number of likely N-dealkylation sites (N-methyl/N-ethyl adjacent to an activating group) is 1. The predicted molar refractivity (Wildman–Crippen MR) is 249 cm³/mol. The number of rotatable bonds is 38. The van der Waals surface area contributed by atoms with Gasteiger partial charge in [0.25, 0.3) is 0 Å². The van der Waals surface area contributed by atoms with Gasteiger partial charge in [0.2, 0.25) is 0 Å². The van der Waals surface area contributed by atoms with Crippen LogP contribution in [0.5, 0.6) is 0 Å². The van der Waals surface area contributed by atoms with Crippen LogP contribution < -0.4 is 5.11 Å². The Balaban J connectivity index is 4.42.